The number of nitrogens with one attached hydrogen (secondary N) is 1. The van der Waals surface area contributed by atoms with Gasteiger partial charge in [-0.25, -0.2) is 4.79 Å². The molecule has 4 rings (SSSR count). The lowest BCUT2D eigenvalue weighted by Gasteiger charge is -2.49. The number of rotatable bonds is 5. The number of aliphatic hydroxyl groups is 1. The summed E-state index contributed by atoms with van der Waals surface area (Å²) in [6.45, 7) is 3.70. The number of benzene rings is 1. The molecule has 2 N–H and O–H groups in total. The Morgan fingerprint density at radius 3 is 2.63 bits per heavy atom. The highest BCUT2D eigenvalue weighted by Gasteiger charge is 2.53. The molecule has 0 bridgehead atoms. The highest BCUT2D eigenvalue weighted by atomic mass is 16.5. The predicted molar refractivity (Wildman–Crippen MR) is 115 cm³/mol. The summed E-state index contributed by atoms with van der Waals surface area (Å²) < 4.78 is 6.77. The van der Waals surface area contributed by atoms with E-state index in [1.807, 2.05) is 30.3 Å². The monoisotopic (exact) mass is 410 g/mol. The van der Waals surface area contributed by atoms with Crippen LogP contribution in [-0.2, 0) is 11.3 Å². The second kappa shape index (κ2) is 8.36. The molecule has 2 aliphatic rings. The molecule has 1 saturated heterocycles. The molecule has 1 aliphatic carbocycles. The van der Waals surface area contributed by atoms with E-state index in [4.69, 9.17) is 4.74 Å². The normalized spacial score (nSPS) is 22.9. The molecule has 0 radical (unpaired) electrons. The van der Waals surface area contributed by atoms with Gasteiger partial charge >= 0.3 is 5.97 Å². The fraction of sp³-hybridized carbons (Fsp3) is 0.500. The number of aromatic nitrogens is 1. The Kier molecular flexibility index (Phi) is 5.80. The van der Waals surface area contributed by atoms with Gasteiger partial charge in [-0.2, -0.15) is 0 Å². The lowest BCUT2D eigenvalue weighted by molar-refractivity contribution is -0.115. The summed E-state index contributed by atoms with van der Waals surface area (Å²) in [5.41, 5.74) is 0.287. The number of carbonyl (C=O) groups excluding carboxylic acids is 1. The number of ether oxygens (including phenoxy) is 1. The van der Waals surface area contributed by atoms with E-state index in [9.17, 15) is 14.7 Å². The SMILES string of the molecule is CCOC(=O)c1cn(CC2(O)CCNCC23CCCC3)c(=O)cc1-c1ccccc1. The average Bonchev–Trinajstić information content (AvgIpc) is 3.23. The summed E-state index contributed by atoms with van der Waals surface area (Å²) in [7, 11) is 0. The van der Waals surface area contributed by atoms with Crippen molar-refractivity contribution in [3.63, 3.8) is 0 Å². The molecule has 0 amide bonds. The largest absolute Gasteiger partial charge is 0.462 e. The lowest BCUT2D eigenvalue weighted by Crippen LogP contribution is -2.60. The minimum absolute atomic E-state index is 0.189. The number of esters is 1. The summed E-state index contributed by atoms with van der Waals surface area (Å²) in [4.78, 5) is 25.8. The molecule has 2 fully saturated rings. The zero-order chi connectivity index (χ0) is 21.2. The van der Waals surface area contributed by atoms with Crippen molar-refractivity contribution in [3.05, 3.63) is 58.5 Å². The van der Waals surface area contributed by atoms with E-state index in [0.717, 1.165) is 44.3 Å². The number of pyridine rings is 1. The first-order valence-electron chi connectivity index (χ1n) is 10.9. The van der Waals surface area contributed by atoms with Gasteiger partial charge in [-0.1, -0.05) is 43.2 Å². The average molecular weight is 411 g/mol. The highest BCUT2D eigenvalue weighted by molar-refractivity contribution is 5.96. The Bertz CT molecular complexity index is 963. The third-order valence-electron chi connectivity index (χ3n) is 6.86. The third kappa shape index (κ3) is 3.70. The van der Waals surface area contributed by atoms with Gasteiger partial charge in [-0.05, 0) is 38.3 Å². The Morgan fingerprint density at radius 1 is 1.20 bits per heavy atom. The maximum atomic E-state index is 13.0. The summed E-state index contributed by atoms with van der Waals surface area (Å²) in [5.74, 6) is -0.460. The summed E-state index contributed by atoms with van der Waals surface area (Å²) in [5, 5.41) is 15.1. The molecular weight excluding hydrogens is 380 g/mol. The van der Waals surface area contributed by atoms with E-state index >= 15 is 0 Å². The molecule has 6 nitrogen and oxygen atoms in total. The third-order valence-corrected chi connectivity index (χ3v) is 6.86. The number of hydrogen-bond acceptors (Lipinski definition) is 5. The van der Waals surface area contributed by atoms with Crippen LogP contribution in [0.5, 0.6) is 0 Å². The molecule has 6 heteroatoms. The van der Waals surface area contributed by atoms with Crippen molar-refractivity contribution in [1.82, 2.24) is 9.88 Å². The quantitative estimate of drug-likeness (QED) is 0.741. The molecule has 1 aliphatic heterocycles. The zero-order valence-electron chi connectivity index (χ0n) is 17.5. The van der Waals surface area contributed by atoms with Gasteiger partial charge < -0.3 is 19.7 Å². The maximum absolute atomic E-state index is 13.0. The Labute approximate surface area is 176 Å². The second-order valence-corrected chi connectivity index (χ2v) is 8.60. The van der Waals surface area contributed by atoms with Gasteiger partial charge in [-0.15, -0.1) is 0 Å². The van der Waals surface area contributed by atoms with Gasteiger partial charge in [0, 0.05) is 29.8 Å². The van der Waals surface area contributed by atoms with Crippen molar-refractivity contribution in [2.75, 3.05) is 19.7 Å². The van der Waals surface area contributed by atoms with Crippen molar-refractivity contribution >= 4 is 5.97 Å². The molecule has 1 unspecified atom stereocenters. The number of piperidine rings is 1. The summed E-state index contributed by atoms with van der Waals surface area (Å²) in [6, 6.07) is 10.9. The molecule has 1 aromatic heterocycles. The van der Waals surface area contributed by atoms with Crippen LogP contribution in [0.25, 0.3) is 11.1 Å². The van der Waals surface area contributed by atoms with Crippen LogP contribution in [0, 0.1) is 5.41 Å². The molecule has 1 aromatic carbocycles. The molecule has 2 aromatic rings. The van der Waals surface area contributed by atoms with Crippen LogP contribution in [-0.4, -0.2) is 40.9 Å². The van der Waals surface area contributed by atoms with E-state index in [1.165, 1.54) is 10.6 Å². The van der Waals surface area contributed by atoms with Crippen LogP contribution >= 0.6 is 0 Å². The molecular formula is C24H30N2O4. The number of nitrogens with zero attached hydrogens (tertiary/aromatic N) is 1. The first-order valence-corrected chi connectivity index (χ1v) is 10.9. The van der Waals surface area contributed by atoms with Crippen LogP contribution in [0.1, 0.15) is 49.4 Å². The van der Waals surface area contributed by atoms with Crippen LogP contribution in [0.4, 0.5) is 0 Å². The fourth-order valence-electron chi connectivity index (χ4n) is 5.20. The van der Waals surface area contributed by atoms with Gasteiger partial charge in [0.25, 0.3) is 5.56 Å². The van der Waals surface area contributed by atoms with Gasteiger partial charge in [0.2, 0.25) is 0 Å². The standard InChI is InChI=1S/C24H30N2O4/c1-2-30-22(28)20-15-26(21(27)14-19(20)18-8-4-3-5-9-18)17-24(29)12-13-25-16-23(24)10-6-7-11-23/h3-5,8-9,14-15,25,29H,2,6-7,10-13,16-17H2,1H3. The molecule has 30 heavy (non-hydrogen) atoms. The Balaban J connectivity index is 1.76. The Hall–Kier alpha value is -2.44. The fourth-order valence-corrected chi connectivity index (χ4v) is 5.20. The number of hydrogen-bond donors (Lipinski definition) is 2. The van der Waals surface area contributed by atoms with Crippen molar-refractivity contribution in [2.45, 2.75) is 51.2 Å². The van der Waals surface area contributed by atoms with Crippen LogP contribution in [0.3, 0.4) is 0 Å². The van der Waals surface area contributed by atoms with E-state index in [1.54, 1.807) is 13.1 Å². The number of carbonyl (C=O) groups is 1. The molecule has 2 heterocycles. The minimum Gasteiger partial charge on any atom is -0.462 e. The zero-order valence-corrected chi connectivity index (χ0v) is 17.5. The van der Waals surface area contributed by atoms with E-state index < -0.39 is 11.6 Å². The van der Waals surface area contributed by atoms with E-state index in [0.29, 0.717) is 17.5 Å². The lowest BCUT2D eigenvalue weighted by atomic mass is 9.66. The summed E-state index contributed by atoms with van der Waals surface area (Å²) in [6.07, 6.45) is 6.27. The van der Waals surface area contributed by atoms with Gasteiger partial charge in [0.15, 0.2) is 0 Å². The summed E-state index contributed by atoms with van der Waals surface area (Å²) >= 11 is 0. The van der Waals surface area contributed by atoms with Crippen molar-refractivity contribution in [3.8, 4) is 11.1 Å². The van der Waals surface area contributed by atoms with Gasteiger partial charge in [-0.3, -0.25) is 4.79 Å². The second-order valence-electron chi connectivity index (χ2n) is 8.60. The predicted octanol–water partition coefficient (Wildman–Crippen LogP) is 2.98. The molecule has 1 spiro atoms. The topological polar surface area (TPSA) is 80.6 Å². The van der Waals surface area contributed by atoms with Crippen LogP contribution in [0.2, 0.25) is 0 Å². The van der Waals surface area contributed by atoms with Crippen molar-refractivity contribution in [1.29, 1.82) is 0 Å². The van der Waals surface area contributed by atoms with Crippen LogP contribution in [0.15, 0.2) is 47.4 Å². The van der Waals surface area contributed by atoms with E-state index in [-0.39, 0.29) is 24.1 Å². The maximum Gasteiger partial charge on any atom is 0.340 e. The van der Waals surface area contributed by atoms with Crippen molar-refractivity contribution in [2.24, 2.45) is 5.41 Å². The molecule has 160 valence electrons. The van der Waals surface area contributed by atoms with Gasteiger partial charge in [0.05, 0.1) is 24.3 Å². The van der Waals surface area contributed by atoms with Gasteiger partial charge in [0.1, 0.15) is 0 Å². The van der Waals surface area contributed by atoms with E-state index in [2.05, 4.69) is 5.32 Å². The van der Waals surface area contributed by atoms with Crippen molar-refractivity contribution < 1.29 is 14.6 Å². The molecule has 1 atom stereocenters. The Morgan fingerprint density at radius 2 is 1.93 bits per heavy atom. The first-order chi connectivity index (χ1) is 14.5. The minimum atomic E-state index is -0.973. The smallest absolute Gasteiger partial charge is 0.340 e. The van der Waals surface area contributed by atoms with Crippen LogP contribution < -0.4 is 10.9 Å². The molecule has 1 saturated carbocycles. The first kappa shape index (κ1) is 20.8. The highest BCUT2D eigenvalue weighted by Crippen LogP contribution is 2.49.